The lowest BCUT2D eigenvalue weighted by atomic mass is 9.75. The van der Waals surface area contributed by atoms with Crippen molar-refractivity contribution in [1.29, 1.82) is 0 Å². The van der Waals surface area contributed by atoms with Crippen LogP contribution in [-0.2, 0) is 29.4 Å². The molecule has 0 bridgehead atoms. The van der Waals surface area contributed by atoms with E-state index >= 15 is 0 Å². The maximum absolute atomic E-state index is 14.6. The molecule has 2 aromatic carbocycles. The van der Waals surface area contributed by atoms with E-state index in [2.05, 4.69) is 6.92 Å². The lowest BCUT2D eigenvalue weighted by Gasteiger charge is -2.40. The molecular formula is C42H56F2NO7S-. The maximum Gasteiger partial charge on any atom is 0.267 e. The molecule has 0 aliphatic carbocycles. The van der Waals surface area contributed by atoms with Crippen LogP contribution in [0.25, 0.3) is 0 Å². The number of benzene rings is 2. The highest BCUT2D eigenvalue weighted by Gasteiger charge is 2.59. The Morgan fingerprint density at radius 2 is 1.45 bits per heavy atom. The summed E-state index contributed by atoms with van der Waals surface area (Å²) in [5, 5.41) is 23.6. The molecule has 2 aliphatic heterocycles. The zero-order chi connectivity index (χ0) is 38.5. The van der Waals surface area contributed by atoms with E-state index in [0.29, 0.717) is 37.2 Å². The first-order chi connectivity index (χ1) is 25.4. The van der Waals surface area contributed by atoms with Crippen LogP contribution in [0.4, 0.5) is 8.78 Å². The first-order valence-electron chi connectivity index (χ1n) is 19.3. The third kappa shape index (κ3) is 10.3. The summed E-state index contributed by atoms with van der Waals surface area (Å²) >= 11 is 5.69. The largest absolute Gasteiger partial charge is 0.547 e. The molecule has 3 atom stereocenters. The summed E-state index contributed by atoms with van der Waals surface area (Å²) in [4.78, 5) is 28.3. The Bertz CT molecular complexity index is 1450. The van der Waals surface area contributed by atoms with E-state index in [1.807, 2.05) is 74.5 Å². The molecule has 0 unspecified atom stereocenters. The first-order valence-corrected chi connectivity index (χ1v) is 19.7. The van der Waals surface area contributed by atoms with Crippen molar-refractivity contribution in [2.24, 2.45) is 11.8 Å². The number of amides is 1. The average molecular weight is 757 g/mol. The van der Waals surface area contributed by atoms with E-state index in [0.717, 1.165) is 44.9 Å². The highest BCUT2D eigenvalue weighted by Crippen LogP contribution is 2.48. The number of alkyl halides is 2. The van der Waals surface area contributed by atoms with Gasteiger partial charge in [-0.25, -0.2) is 8.78 Å². The SMILES string of the molecule is CCCCCCCC1(CCCCCC/C=C/[C@H](C(=O)N2C(=S)OC(c3ccccc3)(c3ccccc3)[C@@H]2C(C)C)[C@@](O)(CC(F)F)C(=O)[O-])OCCO1. The van der Waals surface area contributed by atoms with Crippen molar-refractivity contribution in [3.05, 3.63) is 83.9 Å². The van der Waals surface area contributed by atoms with Crippen molar-refractivity contribution in [2.75, 3.05) is 13.2 Å². The fourth-order valence-corrected chi connectivity index (χ4v) is 8.19. The Kier molecular flexibility index (Phi) is 15.9. The number of rotatable bonds is 22. The van der Waals surface area contributed by atoms with Crippen LogP contribution in [0.5, 0.6) is 0 Å². The number of carboxylic acid groups (broad SMARTS) is 1. The molecule has 2 fully saturated rings. The molecule has 0 spiro atoms. The van der Waals surface area contributed by atoms with Crippen molar-refractivity contribution in [2.45, 2.75) is 134 Å². The summed E-state index contributed by atoms with van der Waals surface area (Å²) in [6.45, 7) is 7.16. The van der Waals surface area contributed by atoms with E-state index in [4.69, 9.17) is 26.4 Å². The predicted octanol–water partition coefficient (Wildman–Crippen LogP) is 7.85. The number of carboxylic acids is 1. The van der Waals surface area contributed by atoms with Crippen molar-refractivity contribution in [1.82, 2.24) is 4.90 Å². The van der Waals surface area contributed by atoms with E-state index in [9.17, 15) is 28.6 Å². The molecule has 8 nitrogen and oxygen atoms in total. The van der Waals surface area contributed by atoms with Crippen molar-refractivity contribution in [3.63, 3.8) is 0 Å². The second kappa shape index (κ2) is 19.9. The number of aliphatic carboxylic acids is 1. The van der Waals surface area contributed by atoms with Crippen LogP contribution in [-0.4, -0.2) is 64.1 Å². The molecule has 1 N–H and O–H groups in total. The number of hydrogen-bond donors (Lipinski definition) is 1. The number of halogens is 2. The molecule has 2 saturated heterocycles. The van der Waals surface area contributed by atoms with Crippen LogP contribution in [0.2, 0.25) is 0 Å². The summed E-state index contributed by atoms with van der Waals surface area (Å²) in [5.74, 6) is -5.88. The van der Waals surface area contributed by atoms with Crippen LogP contribution in [0.1, 0.15) is 115 Å². The number of hydrogen-bond acceptors (Lipinski definition) is 8. The van der Waals surface area contributed by atoms with Gasteiger partial charge in [0.05, 0.1) is 31.1 Å². The third-order valence-corrected chi connectivity index (χ3v) is 10.8. The molecular weight excluding hydrogens is 701 g/mol. The number of unbranched alkanes of at least 4 members (excludes halogenated alkanes) is 8. The van der Waals surface area contributed by atoms with Crippen LogP contribution >= 0.6 is 12.2 Å². The molecule has 0 aromatic heterocycles. The van der Waals surface area contributed by atoms with Gasteiger partial charge in [-0.15, -0.1) is 0 Å². The molecule has 2 aliphatic rings. The normalized spacial score (nSPS) is 19.9. The Balaban J connectivity index is 1.52. The summed E-state index contributed by atoms with van der Waals surface area (Å²) in [7, 11) is 0. The summed E-state index contributed by atoms with van der Waals surface area (Å²) in [5.41, 5.74) is -3.12. The Morgan fingerprint density at radius 3 is 1.94 bits per heavy atom. The predicted molar refractivity (Wildman–Crippen MR) is 202 cm³/mol. The van der Waals surface area contributed by atoms with Gasteiger partial charge in [0.1, 0.15) is 5.60 Å². The molecule has 4 rings (SSSR count). The van der Waals surface area contributed by atoms with Gasteiger partial charge in [0.25, 0.3) is 5.17 Å². The van der Waals surface area contributed by atoms with Gasteiger partial charge >= 0.3 is 0 Å². The van der Waals surface area contributed by atoms with E-state index in [-0.39, 0.29) is 11.1 Å². The van der Waals surface area contributed by atoms with Gasteiger partial charge in [-0.3, -0.25) is 9.69 Å². The molecule has 2 heterocycles. The molecule has 292 valence electrons. The van der Waals surface area contributed by atoms with Crippen molar-refractivity contribution >= 4 is 29.3 Å². The maximum atomic E-state index is 14.6. The zero-order valence-electron chi connectivity index (χ0n) is 31.4. The van der Waals surface area contributed by atoms with Gasteiger partial charge in [0.2, 0.25) is 12.3 Å². The van der Waals surface area contributed by atoms with Crippen molar-refractivity contribution in [3.8, 4) is 0 Å². The number of nitrogens with zero attached hydrogens (tertiary/aromatic N) is 1. The highest BCUT2D eigenvalue weighted by atomic mass is 32.1. The number of thiocarbonyl (C=S) groups is 1. The Morgan fingerprint density at radius 1 is 0.925 bits per heavy atom. The number of aliphatic hydroxyl groups is 1. The average Bonchev–Trinajstić information content (AvgIpc) is 3.74. The minimum atomic E-state index is -3.23. The smallest absolute Gasteiger partial charge is 0.267 e. The minimum Gasteiger partial charge on any atom is -0.547 e. The molecule has 2 aromatic rings. The van der Waals surface area contributed by atoms with Gasteiger partial charge in [-0.05, 0) is 43.8 Å². The number of ether oxygens (including phenoxy) is 3. The van der Waals surface area contributed by atoms with Crippen LogP contribution in [0.15, 0.2) is 72.8 Å². The summed E-state index contributed by atoms with van der Waals surface area (Å²) in [6, 6.07) is 17.6. The summed E-state index contributed by atoms with van der Waals surface area (Å²) < 4.78 is 46.3. The number of allylic oxidation sites excluding steroid dienone is 1. The van der Waals surface area contributed by atoms with E-state index < -0.39 is 53.7 Å². The Hall–Kier alpha value is -3.25. The molecule has 53 heavy (non-hydrogen) atoms. The van der Waals surface area contributed by atoms with Gasteiger partial charge < -0.3 is 29.2 Å². The van der Waals surface area contributed by atoms with Crippen LogP contribution < -0.4 is 5.11 Å². The lowest BCUT2D eigenvalue weighted by molar-refractivity contribution is -0.329. The second-order valence-electron chi connectivity index (χ2n) is 14.7. The fraction of sp³-hybridized carbons (Fsp3) is 0.595. The van der Waals surface area contributed by atoms with Gasteiger partial charge in [-0.2, -0.15) is 0 Å². The molecule has 1 amide bonds. The minimum absolute atomic E-state index is 0.244. The molecule has 0 saturated carbocycles. The van der Waals surface area contributed by atoms with E-state index in [1.165, 1.54) is 30.2 Å². The number of carbonyl (C=O) groups is 2. The molecule has 11 heteroatoms. The topological polar surface area (TPSA) is 108 Å². The third-order valence-electron chi connectivity index (χ3n) is 10.5. The standard InChI is InChI=1S/C42H57F2NO7S/c1-4-5-6-10-19-26-40(50-28-29-51-40)27-20-11-8-7-9-18-25-34(41(49,38(47)48)30-35(43)44)37(46)45-36(31(2)3)42(52-39(45)53,32-21-14-12-15-22-32)33-23-16-13-17-24-33/h12-18,21-25,31,34-36,49H,4-11,19-20,26-30H2,1-3H3,(H,47,48)/p-1/b25-18+/t34-,36+,41+/m1/s1. The second-order valence-corrected chi connectivity index (χ2v) is 15.0. The molecule has 0 radical (unpaired) electrons. The van der Waals surface area contributed by atoms with Gasteiger partial charge in [-0.1, -0.05) is 132 Å². The highest BCUT2D eigenvalue weighted by molar-refractivity contribution is 7.80. The van der Waals surface area contributed by atoms with Crippen LogP contribution in [0.3, 0.4) is 0 Å². The lowest BCUT2D eigenvalue weighted by Crippen LogP contribution is -2.60. The van der Waals surface area contributed by atoms with E-state index in [1.54, 1.807) is 6.08 Å². The Labute approximate surface area is 318 Å². The van der Waals surface area contributed by atoms with Crippen molar-refractivity contribution < 1.29 is 42.8 Å². The van der Waals surface area contributed by atoms with Gasteiger partial charge in [0.15, 0.2) is 11.4 Å². The monoisotopic (exact) mass is 756 g/mol. The summed E-state index contributed by atoms with van der Waals surface area (Å²) in [6.07, 6.45) is 9.43. The number of carbonyl (C=O) groups excluding carboxylic acids is 2. The fourth-order valence-electron chi connectivity index (χ4n) is 7.85. The van der Waals surface area contributed by atoms with Crippen LogP contribution in [0, 0.1) is 11.8 Å². The first kappa shape index (κ1) is 42.5. The van der Waals surface area contributed by atoms with Gasteiger partial charge in [0, 0.05) is 30.4 Å². The quantitative estimate of drug-likeness (QED) is 0.0736. The zero-order valence-corrected chi connectivity index (χ0v) is 32.2.